The van der Waals surface area contributed by atoms with Gasteiger partial charge in [0, 0.05) is 42.2 Å². The molecule has 2 aromatic heterocycles. The van der Waals surface area contributed by atoms with E-state index in [0.29, 0.717) is 29.6 Å². The molecule has 0 amide bonds. The first-order chi connectivity index (χ1) is 15.2. The number of nitrogens with one attached hydrogen (secondary N) is 1. The van der Waals surface area contributed by atoms with E-state index in [0.717, 1.165) is 22.3 Å². The van der Waals surface area contributed by atoms with E-state index in [4.69, 9.17) is 5.14 Å². The van der Waals surface area contributed by atoms with Crippen LogP contribution in [0.15, 0.2) is 53.6 Å². The van der Waals surface area contributed by atoms with Crippen LogP contribution < -0.4 is 15.4 Å². The molecule has 2 heterocycles. The molecule has 10 heteroatoms. The number of hydrogen-bond donors (Lipinski definition) is 2. The number of nitrogens with two attached hydrogens (primary N) is 1. The molecule has 9 nitrogen and oxygen atoms in total. The van der Waals surface area contributed by atoms with E-state index in [2.05, 4.69) is 31.3 Å². The summed E-state index contributed by atoms with van der Waals surface area (Å²) in [6.07, 6.45) is 1.66. The maximum atomic E-state index is 11.8. The number of aryl methyl sites for hydroxylation is 3. The molecule has 0 aliphatic carbocycles. The number of sulfonamides is 1. The van der Waals surface area contributed by atoms with Crippen LogP contribution in [0, 0.1) is 13.8 Å². The Morgan fingerprint density at radius 2 is 1.91 bits per heavy atom. The van der Waals surface area contributed by atoms with Crippen LogP contribution in [0.4, 0.5) is 23.1 Å². The molecule has 4 rings (SSSR count). The molecule has 0 fully saturated rings. The number of hydrogen-bond acceptors (Lipinski definition) is 7. The third kappa shape index (κ3) is 4.14. The van der Waals surface area contributed by atoms with Gasteiger partial charge in [0.1, 0.15) is 5.82 Å². The van der Waals surface area contributed by atoms with Crippen molar-refractivity contribution in [2.45, 2.75) is 25.7 Å². The van der Waals surface area contributed by atoms with Crippen molar-refractivity contribution in [3.63, 3.8) is 0 Å². The molecule has 166 valence electrons. The van der Waals surface area contributed by atoms with Crippen LogP contribution >= 0.6 is 0 Å². The standard InChI is InChI=1S/C22H25N7O2S/c1-5-29(17-8-9-18-15(3)28(4)27-19(18)13-17)21-10-11-24-22(26-21)25-16-7-6-14(2)20(12-16)32(23,30)31/h6-13H,5H2,1-4H3,(H2,23,30,31)(H,24,25,26). The van der Waals surface area contributed by atoms with Crippen molar-refractivity contribution in [2.75, 3.05) is 16.8 Å². The smallest absolute Gasteiger partial charge is 0.238 e. The summed E-state index contributed by atoms with van der Waals surface area (Å²) in [4.78, 5) is 11.0. The van der Waals surface area contributed by atoms with Crippen molar-refractivity contribution in [3.8, 4) is 0 Å². The highest BCUT2D eigenvalue weighted by Gasteiger charge is 2.15. The fourth-order valence-corrected chi connectivity index (χ4v) is 4.45. The molecule has 0 radical (unpaired) electrons. The lowest BCUT2D eigenvalue weighted by molar-refractivity contribution is 0.597. The Bertz CT molecular complexity index is 1410. The van der Waals surface area contributed by atoms with Gasteiger partial charge in [0.05, 0.1) is 10.4 Å². The van der Waals surface area contributed by atoms with E-state index in [-0.39, 0.29) is 4.90 Å². The van der Waals surface area contributed by atoms with E-state index >= 15 is 0 Å². The quantitative estimate of drug-likeness (QED) is 0.460. The Balaban J connectivity index is 1.66. The number of rotatable bonds is 6. The summed E-state index contributed by atoms with van der Waals surface area (Å²) >= 11 is 0. The zero-order valence-electron chi connectivity index (χ0n) is 18.4. The Kier molecular flexibility index (Phi) is 5.57. The minimum absolute atomic E-state index is 0.0628. The highest BCUT2D eigenvalue weighted by molar-refractivity contribution is 7.89. The summed E-state index contributed by atoms with van der Waals surface area (Å²) in [7, 11) is -1.89. The molecule has 0 spiro atoms. The van der Waals surface area contributed by atoms with E-state index in [9.17, 15) is 8.42 Å². The van der Waals surface area contributed by atoms with Gasteiger partial charge in [0.15, 0.2) is 0 Å². The van der Waals surface area contributed by atoms with Gasteiger partial charge < -0.3 is 10.2 Å². The summed E-state index contributed by atoms with van der Waals surface area (Å²) in [5, 5.41) is 14.1. The average molecular weight is 452 g/mol. The summed E-state index contributed by atoms with van der Waals surface area (Å²) in [5.41, 5.74) is 4.11. The minimum atomic E-state index is -3.83. The first-order valence-corrected chi connectivity index (χ1v) is 11.7. The lowest BCUT2D eigenvalue weighted by atomic mass is 10.2. The van der Waals surface area contributed by atoms with Crippen LogP contribution in [-0.2, 0) is 17.1 Å². The monoisotopic (exact) mass is 451 g/mol. The van der Waals surface area contributed by atoms with Crippen molar-refractivity contribution in [1.29, 1.82) is 0 Å². The molecular formula is C22H25N7O2S. The van der Waals surface area contributed by atoms with Gasteiger partial charge in [0.25, 0.3) is 0 Å². The average Bonchev–Trinajstić information content (AvgIpc) is 3.03. The summed E-state index contributed by atoms with van der Waals surface area (Å²) < 4.78 is 25.5. The van der Waals surface area contributed by atoms with Gasteiger partial charge in [-0.1, -0.05) is 6.07 Å². The van der Waals surface area contributed by atoms with Crippen LogP contribution in [0.25, 0.3) is 10.9 Å². The fraction of sp³-hybridized carbons (Fsp3) is 0.227. The van der Waals surface area contributed by atoms with Gasteiger partial charge in [-0.2, -0.15) is 10.1 Å². The summed E-state index contributed by atoms with van der Waals surface area (Å²) in [6.45, 7) is 6.47. The molecular weight excluding hydrogens is 426 g/mol. The second-order valence-corrected chi connectivity index (χ2v) is 9.07. The Morgan fingerprint density at radius 3 is 2.62 bits per heavy atom. The lowest BCUT2D eigenvalue weighted by Crippen LogP contribution is -2.18. The van der Waals surface area contributed by atoms with Gasteiger partial charge in [-0.25, -0.2) is 18.5 Å². The molecule has 0 saturated carbocycles. The first-order valence-electron chi connectivity index (χ1n) is 10.1. The molecule has 2 aromatic carbocycles. The normalized spacial score (nSPS) is 11.7. The highest BCUT2D eigenvalue weighted by atomic mass is 32.2. The van der Waals surface area contributed by atoms with Crippen LogP contribution in [0.3, 0.4) is 0 Å². The number of anilines is 4. The topological polar surface area (TPSA) is 119 Å². The van der Waals surface area contributed by atoms with Crippen molar-refractivity contribution < 1.29 is 8.42 Å². The molecule has 0 bridgehead atoms. The molecule has 32 heavy (non-hydrogen) atoms. The van der Waals surface area contributed by atoms with Crippen molar-refractivity contribution >= 4 is 44.1 Å². The number of nitrogens with zero attached hydrogens (tertiary/aromatic N) is 5. The molecule has 0 unspecified atom stereocenters. The minimum Gasteiger partial charge on any atom is -0.326 e. The number of benzene rings is 2. The molecule has 0 aliphatic rings. The number of fused-ring (bicyclic) bond motifs is 1. The van der Waals surface area contributed by atoms with Crippen molar-refractivity contribution in [3.05, 3.63) is 59.9 Å². The Morgan fingerprint density at radius 1 is 1.12 bits per heavy atom. The highest BCUT2D eigenvalue weighted by Crippen LogP contribution is 2.29. The fourth-order valence-electron chi connectivity index (χ4n) is 3.64. The van der Waals surface area contributed by atoms with Crippen molar-refractivity contribution in [2.24, 2.45) is 12.2 Å². The van der Waals surface area contributed by atoms with E-state index in [1.54, 1.807) is 25.3 Å². The molecule has 3 N–H and O–H groups in total. The van der Waals surface area contributed by atoms with Crippen molar-refractivity contribution in [1.82, 2.24) is 19.7 Å². The van der Waals surface area contributed by atoms with Gasteiger partial charge >= 0.3 is 0 Å². The third-order valence-corrected chi connectivity index (χ3v) is 6.46. The van der Waals surface area contributed by atoms with Gasteiger partial charge in [-0.15, -0.1) is 0 Å². The Hall–Kier alpha value is -3.50. The van der Waals surface area contributed by atoms with Gasteiger partial charge in [-0.3, -0.25) is 4.68 Å². The molecule has 0 aliphatic heterocycles. The van der Waals surface area contributed by atoms with Crippen LogP contribution in [0.2, 0.25) is 0 Å². The van der Waals surface area contributed by atoms with Crippen LogP contribution in [0.5, 0.6) is 0 Å². The maximum Gasteiger partial charge on any atom is 0.238 e. The number of primary sulfonamides is 1. The summed E-state index contributed by atoms with van der Waals surface area (Å²) in [6, 6.07) is 12.9. The molecule has 4 aromatic rings. The molecule has 0 atom stereocenters. The first kappa shape index (κ1) is 21.7. The second kappa shape index (κ2) is 8.21. The van der Waals surface area contributed by atoms with Gasteiger partial charge in [-0.05, 0) is 62.7 Å². The zero-order valence-corrected chi connectivity index (χ0v) is 19.2. The van der Waals surface area contributed by atoms with Crippen LogP contribution in [-0.4, -0.2) is 34.7 Å². The zero-order chi connectivity index (χ0) is 23.0. The largest absolute Gasteiger partial charge is 0.326 e. The van der Waals surface area contributed by atoms with E-state index < -0.39 is 10.0 Å². The number of aromatic nitrogens is 4. The SMILES string of the molecule is CCN(c1ccc2c(C)n(C)nc2c1)c1ccnc(Nc2ccc(C)c(S(N)(=O)=O)c2)n1. The Labute approximate surface area is 187 Å². The van der Waals surface area contributed by atoms with Crippen LogP contribution in [0.1, 0.15) is 18.2 Å². The predicted molar refractivity (Wildman–Crippen MR) is 126 cm³/mol. The van der Waals surface area contributed by atoms with E-state index in [1.165, 1.54) is 6.07 Å². The molecule has 0 saturated heterocycles. The summed E-state index contributed by atoms with van der Waals surface area (Å²) in [5.74, 6) is 1.05. The van der Waals surface area contributed by atoms with E-state index in [1.807, 2.05) is 43.8 Å². The third-order valence-electron chi connectivity index (χ3n) is 5.41. The predicted octanol–water partition coefficient (Wildman–Crippen LogP) is 3.53. The maximum absolute atomic E-state index is 11.8. The van der Waals surface area contributed by atoms with Gasteiger partial charge in [0.2, 0.25) is 16.0 Å². The second-order valence-electron chi connectivity index (χ2n) is 7.54. The lowest BCUT2D eigenvalue weighted by Gasteiger charge is -2.22.